The van der Waals surface area contributed by atoms with Crippen LogP contribution in [-0.4, -0.2) is 29.8 Å². The smallest absolute Gasteiger partial charge is 0.368 e. The first-order valence-electron chi connectivity index (χ1n) is 7.82. The summed E-state index contributed by atoms with van der Waals surface area (Å²) in [6.07, 6.45) is 2.70. The number of aryl methyl sites for hydroxylation is 1. The maximum Gasteiger partial charge on any atom is 0.368 e. The molecule has 1 fully saturated rings. The van der Waals surface area contributed by atoms with Gasteiger partial charge in [0.2, 0.25) is 5.95 Å². The Morgan fingerprint density at radius 2 is 2.00 bits per heavy atom. The molecule has 0 bridgehead atoms. The quantitative estimate of drug-likeness (QED) is 0.719. The molecule has 3 N–H and O–H groups in total. The highest BCUT2D eigenvalue weighted by molar-refractivity contribution is 5.62. The van der Waals surface area contributed by atoms with Gasteiger partial charge in [-0.1, -0.05) is 0 Å². The van der Waals surface area contributed by atoms with Crippen LogP contribution in [0.3, 0.4) is 0 Å². The van der Waals surface area contributed by atoms with Crippen molar-refractivity contribution in [2.24, 2.45) is 7.05 Å². The number of hydrogen-bond donors (Lipinski definition) is 2. The van der Waals surface area contributed by atoms with E-state index in [0.29, 0.717) is 11.3 Å². The lowest BCUT2D eigenvalue weighted by Crippen LogP contribution is -2.23. The van der Waals surface area contributed by atoms with E-state index in [-0.39, 0.29) is 23.4 Å². The summed E-state index contributed by atoms with van der Waals surface area (Å²) in [6.45, 7) is 0. The number of anilines is 3. The molecule has 0 unspecified atom stereocenters. The van der Waals surface area contributed by atoms with E-state index in [4.69, 9.17) is 5.73 Å². The van der Waals surface area contributed by atoms with Crippen LogP contribution in [-0.2, 0) is 7.05 Å². The van der Waals surface area contributed by atoms with Gasteiger partial charge in [-0.3, -0.25) is 0 Å². The van der Waals surface area contributed by atoms with Crippen LogP contribution in [0.25, 0.3) is 5.69 Å². The van der Waals surface area contributed by atoms with Crippen molar-refractivity contribution in [1.29, 1.82) is 0 Å². The van der Waals surface area contributed by atoms with Crippen LogP contribution in [0.1, 0.15) is 24.3 Å². The molecule has 0 saturated heterocycles. The Morgan fingerprint density at radius 1 is 1.23 bits per heavy atom. The van der Waals surface area contributed by atoms with E-state index >= 15 is 0 Å². The summed E-state index contributed by atoms with van der Waals surface area (Å²) >= 11 is 0. The fraction of sp³-hybridized carbons (Fsp3) is 0.267. The van der Waals surface area contributed by atoms with Crippen LogP contribution in [0.4, 0.5) is 26.2 Å². The predicted molar refractivity (Wildman–Crippen MR) is 88.2 cm³/mol. The van der Waals surface area contributed by atoms with Crippen LogP contribution >= 0.6 is 0 Å². The number of nitrogens with zero attached hydrogens (tertiary/aromatic N) is 6. The molecule has 0 amide bonds. The number of benzene rings is 1. The molecular weight excluding hydrogens is 346 g/mol. The number of hydrogen-bond acceptors (Lipinski definition) is 7. The van der Waals surface area contributed by atoms with Crippen molar-refractivity contribution in [3.8, 4) is 5.69 Å². The van der Waals surface area contributed by atoms with Gasteiger partial charge >= 0.3 is 5.69 Å². The largest absolute Gasteiger partial charge is 0.381 e. The molecule has 0 radical (unpaired) electrons. The molecular formula is C15H14F2N8O. The fourth-order valence-electron chi connectivity index (χ4n) is 2.60. The van der Waals surface area contributed by atoms with E-state index < -0.39 is 17.3 Å². The number of nitrogens with two attached hydrogens (primary N) is 1. The van der Waals surface area contributed by atoms with Gasteiger partial charge in [0, 0.05) is 7.05 Å². The summed E-state index contributed by atoms with van der Waals surface area (Å²) in [7, 11) is 1.47. The zero-order valence-corrected chi connectivity index (χ0v) is 13.6. The molecule has 134 valence electrons. The Balaban J connectivity index is 1.80. The highest BCUT2D eigenvalue weighted by atomic mass is 19.1. The third-order valence-electron chi connectivity index (χ3n) is 4.10. The van der Waals surface area contributed by atoms with E-state index in [2.05, 4.69) is 25.7 Å². The van der Waals surface area contributed by atoms with E-state index in [1.807, 2.05) is 0 Å². The first-order chi connectivity index (χ1) is 12.4. The number of nitrogens with one attached hydrogen (secondary N) is 1. The molecule has 11 heteroatoms. The molecule has 2 aromatic heterocycles. The van der Waals surface area contributed by atoms with Crippen molar-refractivity contribution < 1.29 is 8.78 Å². The number of tetrazole rings is 1. The lowest BCUT2D eigenvalue weighted by Gasteiger charge is -2.12. The number of halogens is 2. The Bertz CT molecular complexity index is 1060. The molecule has 1 aromatic carbocycles. The van der Waals surface area contributed by atoms with Crippen molar-refractivity contribution in [1.82, 2.24) is 29.8 Å². The van der Waals surface area contributed by atoms with Crippen molar-refractivity contribution in [3.63, 3.8) is 0 Å². The minimum atomic E-state index is -0.771. The third-order valence-corrected chi connectivity index (χ3v) is 4.10. The van der Waals surface area contributed by atoms with Crippen LogP contribution in [0.5, 0.6) is 0 Å². The van der Waals surface area contributed by atoms with Gasteiger partial charge in [0.25, 0.3) is 0 Å². The molecule has 1 saturated carbocycles. The first-order valence-corrected chi connectivity index (χ1v) is 7.82. The van der Waals surface area contributed by atoms with E-state index in [1.54, 1.807) is 0 Å². The Morgan fingerprint density at radius 3 is 2.62 bits per heavy atom. The monoisotopic (exact) mass is 360 g/mol. The van der Waals surface area contributed by atoms with Crippen molar-refractivity contribution in [3.05, 3.63) is 46.0 Å². The molecule has 26 heavy (non-hydrogen) atoms. The second-order valence-corrected chi connectivity index (χ2v) is 6.01. The molecule has 3 aromatic rings. The normalized spacial score (nSPS) is 13.8. The van der Waals surface area contributed by atoms with Gasteiger partial charge in [-0.05, 0) is 46.9 Å². The topological polar surface area (TPSA) is 117 Å². The van der Waals surface area contributed by atoms with Gasteiger partial charge in [0.1, 0.15) is 5.82 Å². The second kappa shape index (κ2) is 5.86. The van der Waals surface area contributed by atoms with Crippen molar-refractivity contribution >= 4 is 17.5 Å². The van der Waals surface area contributed by atoms with Crippen LogP contribution < -0.4 is 16.7 Å². The Labute approximate surface area is 145 Å². The first kappa shape index (κ1) is 16.1. The number of rotatable bonds is 4. The maximum absolute atomic E-state index is 14.6. The number of nitrogen functional groups attached to an aromatic ring is 1. The summed E-state index contributed by atoms with van der Waals surface area (Å²) < 4.78 is 29.9. The summed E-state index contributed by atoms with van der Waals surface area (Å²) in [5.41, 5.74) is 6.05. The van der Waals surface area contributed by atoms with Gasteiger partial charge < -0.3 is 11.1 Å². The lowest BCUT2D eigenvalue weighted by atomic mass is 10.1. The van der Waals surface area contributed by atoms with Crippen LogP contribution in [0.2, 0.25) is 0 Å². The standard InChI is InChI=1S/C15H14F2N8O/c1-24-15(26)25(23-22-24)12-5-11(9(16)4-8(12)7-2-3-7)20-14-19-6-10(17)13(18)21-14/h4-7H,2-3H2,1H3,(H3,18,19,20,21). The van der Waals surface area contributed by atoms with Gasteiger partial charge in [-0.15, -0.1) is 0 Å². The molecule has 9 nitrogen and oxygen atoms in total. The second-order valence-electron chi connectivity index (χ2n) is 6.01. The predicted octanol–water partition coefficient (Wildman–Crippen LogP) is 1.24. The molecule has 0 spiro atoms. The molecule has 4 rings (SSSR count). The Kier molecular flexibility index (Phi) is 3.63. The number of aromatic nitrogens is 6. The third kappa shape index (κ3) is 2.76. The minimum absolute atomic E-state index is 0.00737. The summed E-state index contributed by atoms with van der Waals surface area (Å²) in [5.74, 6) is -1.59. The SMILES string of the molecule is Cn1nnn(-c2cc(Nc3ncc(F)c(N)n3)c(F)cc2C2CC2)c1=O. The zero-order valence-electron chi connectivity index (χ0n) is 13.6. The molecule has 0 aliphatic heterocycles. The van der Waals surface area contributed by atoms with Gasteiger partial charge in [-0.25, -0.2) is 18.6 Å². The van der Waals surface area contributed by atoms with Gasteiger partial charge in [0.15, 0.2) is 11.6 Å². The van der Waals surface area contributed by atoms with Crippen LogP contribution in [0, 0.1) is 11.6 Å². The lowest BCUT2D eigenvalue weighted by molar-refractivity contribution is 0.619. The zero-order chi connectivity index (χ0) is 18.4. The van der Waals surface area contributed by atoms with Crippen molar-refractivity contribution in [2.45, 2.75) is 18.8 Å². The average molecular weight is 360 g/mol. The fourth-order valence-corrected chi connectivity index (χ4v) is 2.60. The average Bonchev–Trinajstić information content (AvgIpc) is 3.40. The molecule has 0 atom stereocenters. The highest BCUT2D eigenvalue weighted by Crippen LogP contribution is 2.43. The molecule has 1 aliphatic rings. The molecule has 1 aliphatic carbocycles. The molecule has 2 heterocycles. The summed E-state index contributed by atoms with van der Waals surface area (Å²) in [6, 6.07) is 2.78. The summed E-state index contributed by atoms with van der Waals surface area (Å²) in [5, 5.41) is 10.2. The van der Waals surface area contributed by atoms with Gasteiger partial charge in [-0.2, -0.15) is 14.3 Å². The minimum Gasteiger partial charge on any atom is -0.381 e. The van der Waals surface area contributed by atoms with Gasteiger partial charge in [0.05, 0.1) is 17.6 Å². The van der Waals surface area contributed by atoms with E-state index in [0.717, 1.165) is 28.4 Å². The maximum atomic E-state index is 14.6. The highest BCUT2D eigenvalue weighted by Gasteiger charge is 2.29. The van der Waals surface area contributed by atoms with E-state index in [9.17, 15) is 13.6 Å². The van der Waals surface area contributed by atoms with Crippen LogP contribution in [0.15, 0.2) is 23.1 Å². The van der Waals surface area contributed by atoms with E-state index in [1.165, 1.54) is 19.2 Å². The Hall–Kier alpha value is -3.37. The van der Waals surface area contributed by atoms with Crippen molar-refractivity contribution in [2.75, 3.05) is 11.1 Å². The summed E-state index contributed by atoms with van der Waals surface area (Å²) in [4.78, 5) is 19.6.